The molecule has 1 aromatic rings. The Morgan fingerprint density at radius 2 is 1.78 bits per heavy atom. The van der Waals surface area contributed by atoms with Crippen molar-refractivity contribution < 1.29 is 16.8 Å². The Hall–Kier alpha value is -0.600. The lowest BCUT2D eigenvalue weighted by molar-refractivity contribution is 0.589. The number of nitrogens with two attached hydrogens (primary N) is 1. The van der Waals surface area contributed by atoms with E-state index in [2.05, 4.69) is 15.9 Å². The van der Waals surface area contributed by atoms with E-state index in [0.29, 0.717) is 11.3 Å². The number of hydrogen-bond acceptors (Lipinski definition) is 5. The maximum Gasteiger partial charge on any atom is 0.155 e. The first-order chi connectivity index (χ1) is 8.09. The van der Waals surface area contributed by atoms with Gasteiger partial charge in [-0.15, -0.1) is 0 Å². The van der Waals surface area contributed by atoms with Gasteiger partial charge < -0.3 is 5.73 Å². The molecular weight excluding hydrogens is 342 g/mol. The van der Waals surface area contributed by atoms with Crippen LogP contribution in [0.25, 0.3) is 0 Å². The van der Waals surface area contributed by atoms with Gasteiger partial charge in [-0.1, -0.05) is 22.0 Å². The molecule has 0 saturated carbocycles. The van der Waals surface area contributed by atoms with Crippen molar-refractivity contribution in [3.8, 4) is 0 Å². The molecule has 0 unspecified atom stereocenters. The van der Waals surface area contributed by atoms with E-state index in [4.69, 9.17) is 5.73 Å². The van der Waals surface area contributed by atoms with Crippen molar-refractivity contribution in [1.82, 2.24) is 0 Å². The lowest BCUT2D eigenvalue weighted by atomic mass is 10.2. The first-order valence-corrected chi connectivity index (χ1v) is 9.69. The topological polar surface area (TPSA) is 94.3 Å². The zero-order valence-electron chi connectivity index (χ0n) is 9.76. The van der Waals surface area contributed by atoms with Gasteiger partial charge >= 0.3 is 0 Å². The molecule has 102 valence electrons. The fourth-order valence-corrected chi connectivity index (χ4v) is 4.77. The molecule has 1 aromatic carbocycles. The minimum absolute atomic E-state index is 0.248. The summed E-state index contributed by atoms with van der Waals surface area (Å²) in [5.41, 5.74) is 6.54. The quantitative estimate of drug-likeness (QED) is 0.794. The van der Waals surface area contributed by atoms with E-state index in [9.17, 15) is 16.8 Å². The molecule has 0 atom stereocenters. The van der Waals surface area contributed by atoms with Gasteiger partial charge in [-0.05, 0) is 17.7 Å². The van der Waals surface area contributed by atoms with Gasteiger partial charge in [0.15, 0.2) is 9.84 Å². The highest BCUT2D eigenvalue weighted by Gasteiger charge is 2.16. The molecule has 0 amide bonds. The summed E-state index contributed by atoms with van der Waals surface area (Å²) < 4.78 is 46.2. The number of sulfone groups is 2. The molecule has 0 heterocycles. The summed E-state index contributed by atoms with van der Waals surface area (Å²) in [6.07, 6.45) is 1.01. The maximum atomic E-state index is 11.8. The van der Waals surface area contributed by atoms with Crippen molar-refractivity contribution in [3.05, 3.63) is 28.2 Å². The largest absolute Gasteiger partial charge is 0.398 e. The Kier molecular flexibility index (Phi) is 4.79. The van der Waals surface area contributed by atoms with E-state index in [1.54, 1.807) is 18.2 Å². The van der Waals surface area contributed by atoms with E-state index in [1.807, 2.05) is 0 Å². The average Bonchev–Trinajstić information content (AvgIpc) is 2.19. The summed E-state index contributed by atoms with van der Waals surface area (Å²) in [6, 6.07) is 4.91. The molecule has 1 rings (SSSR count). The summed E-state index contributed by atoms with van der Waals surface area (Å²) in [6.45, 7) is 0. The minimum Gasteiger partial charge on any atom is -0.398 e. The summed E-state index contributed by atoms with van der Waals surface area (Å²) in [7, 11) is -6.76. The number of nitrogen functional groups attached to an aromatic ring is 1. The second kappa shape index (κ2) is 5.58. The molecular formula is C10H14BrNO4S2. The average molecular weight is 356 g/mol. The molecule has 18 heavy (non-hydrogen) atoms. The fourth-order valence-electron chi connectivity index (χ4n) is 1.28. The lowest BCUT2D eigenvalue weighted by Gasteiger charge is -2.07. The normalized spacial score (nSPS) is 12.6. The van der Waals surface area contributed by atoms with Crippen molar-refractivity contribution >= 4 is 41.3 Å². The van der Waals surface area contributed by atoms with Crippen LogP contribution in [0.4, 0.5) is 5.69 Å². The molecule has 0 radical (unpaired) electrons. The maximum absolute atomic E-state index is 11.8. The third-order valence-electron chi connectivity index (χ3n) is 2.25. The zero-order chi connectivity index (χ0) is 14.0. The predicted molar refractivity (Wildman–Crippen MR) is 75.8 cm³/mol. The van der Waals surface area contributed by atoms with Crippen LogP contribution in [0.1, 0.15) is 5.56 Å². The number of hydrogen-bond donors (Lipinski definition) is 1. The molecule has 0 saturated heterocycles. The molecule has 8 heteroatoms. The van der Waals surface area contributed by atoms with Gasteiger partial charge in [-0.25, -0.2) is 16.8 Å². The second-order valence-electron chi connectivity index (χ2n) is 4.07. The molecule has 0 aliphatic carbocycles. The molecule has 0 aromatic heterocycles. The number of halogens is 1. The summed E-state index contributed by atoms with van der Waals surface area (Å²) in [4.78, 5) is 0. The SMILES string of the molecule is CS(=O)(=O)CCS(=O)(=O)Cc1ccc(Br)cc1N. The van der Waals surface area contributed by atoms with Crippen molar-refractivity contribution in [1.29, 1.82) is 0 Å². The van der Waals surface area contributed by atoms with Crippen molar-refractivity contribution in [3.63, 3.8) is 0 Å². The number of benzene rings is 1. The van der Waals surface area contributed by atoms with E-state index >= 15 is 0 Å². The second-order valence-corrected chi connectivity index (χ2v) is 9.42. The van der Waals surface area contributed by atoms with Gasteiger partial charge in [-0.3, -0.25) is 0 Å². The summed E-state index contributed by atoms with van der Waals surface area (Å²) in [5.74, 6) is -1.01. The van der Waals surface area contributed by atoms with E-state index in [1.165, 1.54) is 0 Å². The highest BCUT2D eigenvalue weighted by molar-refractivity contribution is 9.10. The molecule has 0 bridgehead atoms. The molecule has 0 aliphatic rings. The van der Waals surface area contributed by atoms with Crippen LogP contribution in [0.5, 0.6) is 0 Å². The summed E-state index contributed by atoms with van der Waals surface area (Å²) >= 11 is 3.22. The smallest absolute Gasteiger partial charge is 0.155 e. The van der Waals surface area contributed by atoms with Gasteiger partial charge in [0.2, 0.25) is 0 Å². The third-order valence-corrected chi connectivity index (χ3v) is 5.52. The minimum atomic E-state index is -3.48. The Morgan fingerprint density at radius 3 is 2.28 bits per heavy atom. The molecule has 2 N–H and O–H groups in total. The van der Waals surface area contributed by atoms with Crippen LogP contribution in [0.15, 0.2) is 22.7 Å². The van der Waals surface area contributed by atoms with Crippen LogP contribution in [0, 0.1) is 0 Å². The predicted octanol–water partition coefficient (Wildman–Crippen LogP) is 0.991. The van der Waals surface area contributed by atoms with Gasteiger partial charge in [0.1, 0.15) is 9.84 Å². The lowest BCUT2D eigenvalue weighted by Crippen LogP contribution is -2.18. The monoisotopic (exact) mass is 355 g/mol. The molecule has 0 fully saturated rings. The van der Waals surface area contributed by atoms with Crippen LogP contribution < -0.4 is 5.73 Å². The van der Waals surface area contributed by atoms with Gasteiger partial charge in [-0.2, -0.15) is 0 Å². The molecule has 0 aliphatic heterocycles. The van der Waals surface area contributed by atoms with Crippen molar-refractivity contribution in [2.24, 2.45) is 0 Å². The third kappa shape index (κ3) is 5.36. The van der Waals surface area contributed by atoms with Gasteiger partial charge in [0, 0.05) is 16.4 Å². The van der Waals surface area contributed by atoms with Crippen LogP contribution in [0.2, 0.25) is 0 Å². The van der Waals surface area contributed by atoms with Crippen LogP contribution in [-0.4, -0.2) is 34.6 Å². The highest BCUT2D eigenvalue weighted by Crippen LogP contribution is 2.20. The van der Waals surface area contributed by atoms with Gasteiger partial charge in [0.25, 0.3) is 0 Å². The molecule has 0 spiro atoms. The van der Waals surface area contributed by atoms with E-state index < -0.39 is 19.7 Å². The Morgan fingerprint density at radius 1 is 1.17 bits per heavy atom. The first kappa shape index (κ1) is 15.5. The van der Waals surface area contributed by atoms with Crippen molar-refractivity contribution in [2.45, 2.75) is 5.75 Å². The van der Waals surface area contributed by atoms with Gasteiger partial charge in [0.05, 0.1) is 17.3 Å². The van der Waals surface area contributed by atoms with Crippen LogP contribution in [0.3, 0.4) is 0 Å². The summed E-state index contributed by atoms with van der Waals surface area (Å²) in [5, 5.41) is 0. The Bertz CT molecular complexity index is 638. The van der Waals surface area contributed by atoms with Crippen LogP contribution >= 0.6 is 15.9 Å². The number of anilines is 1. The molecule has 5 nitrogen and oxygen atoms in total. The zero-order valence-corrected chi connectivity index (χ0v) is 13.0. The highest BCUT2D eigenvalue weighted by atomic mass is 79.9. The van der Waals surface area contributed by atoms with E-state index in [-0.39, 0.29) is 17.3 Å². The Labute approximate surface area is 115 Å². The van der Waals surface area contributed by atoms with E-state index in [0.717, 1.165) is 10.7 Å². The Balaban J connectivity index is 2.83. The first-order valence-electron chi connectivity index (χ1n) is 5.01. The standard InChI is InChI=1S/C10H14BrNO4S2/c1-17(13,14)4-5-18(15,16)7-8-2-3-9(11)6-10(8)12/h2-3,6H,4-5,7,12H2,1H3. The number of rotatable bonds is 5. The fraction of sp³-hybridized carbons (Fsp3) is 0.400. The van der Waals surface area contributed by atoms with Crippen molar-refractivity contribution in [2.75, 3.05) is 23.5 Å². The van der Waals surface area contributed by atoms with Crippen LogP contribution in [-0.2, 0) is 25.4 Å².